The van der Waals surface area contributed by atoms with Crippen LogP contribution in [0.15, 0.2) is 53.1 Å². The summed E-state index contributed by atoms with van der Waals surface area (Å²) in [6, 6.07) is 12.7. The van der Waals surface area contributed by atoms with Crippen molar-refractivity contribution in [2.75, 3.05) is 7.11 Å². The number of halogens is 1. The number of ether oxygens (including phenoxy) is 2. The van der Waals surface area contributed by atoms with Gasteiger partial charge in [-0.05, 0) is 43.3 Å². The first kappa shape index (κ1) is 20.3. The number of benzene rings is 2. The van der Waals surface area contributed by atoms with Crippen LogP contribution >= 0.6 is 11.6 Å². The number of hydrogen-bond donors (Lipinski definition) is 1. The molecule has 1 atom stereocenters. The van der Waals surface area contributed by atoms with E-state index in [-0.39, 0.29) is 18.0 Å². The highest BCUT2D eigenvalue weighted by Gasteiger charge is 2.20. The summed E-state index contributed by atoms with van der Waals surface area (Å²) in [6.45, 7) is 1.32. The zero-order valence-electron chi connectivity index (χ0n) is 15.7. The van der Waals surface area contributed by atoms with Crippen molar-refractivity contribution < 1.29 is 23.6 Å². The summed E-state index contributed by atoms with van der Waals surface area (Å²) < 4.78 is 15.4. The molecule has 1 heterocycles. The van der Waals surface area contributed by atoms with Crippen molar-refractivity contribution in [1.29, 1.82) is 0 Å². The predicted octanol–water partition coefficient (Wildman–Crippen LogP) is 3.26. The lowest BCUT2D eigenvalue weighted by Gasteiger charge is -2.13. The minimum absolute atomic E-state index is 0.190. The van der Waals surface area contributed by atoms with E-state index in [9.17, 15) is 9.59 Å². The Morgan fingerprint density at radius 1 is 1.17 bits per heavy atom. The highest BCUT2D eigenvalue weighted by Crippen LogP contribution is 2.21. The molecular weight excluding hydrogens is 398 g/mol. The molecule has 0 bridgehead atoms. The van der Waals surface area contributed by atoms with Gasteiger partial charge in [0.2, 0.25) is 5.82 Å². The SMILES string of the molecule is COc1ccc(-c2nc(COC(=O)[C@H](C)NC(=O)c3ccccc3Cl)no2)cc1. The number of carbonyl (C=O) groups excluding carboxylic acids is 2. The van der Waals surface area contributed by atoms with E-state index in [1.54, 1.807) is 55.6 Å². The number of amides is 1. The number of carbonyl (C=O) groups is 2. The largest absolute Gasteiger partial charge is 0.497 e. The standard InChI is InChI=1S/C20H18ClN3O5/c1-12(22-18(25)15-5-3-4-6-16(15)21)20(26)28-11-17-23-19(29-24-17)13-7-9-14(27-2)10-8-13/h3-10,12H,11H2,1-2H3,(H,22,25)/t12-/m0/s1. The Kier molecular flexibility index (Phi) is 6.46. The van der Waals surface area contributed by atoms with Crippen molar-refractivity contribution in [2.24, 2.45) is 0 Å². The highest BCUT2D eigenvalue weighted by atomic mass is 35.5. The van der Waals surface area contributed by atoms with Gasteiger partial charge in [0.25, 0.3) is 11.8 Å². The summed E-state index contributed by atoms with van der Waals surface area (Å²) in [7, 11) is 1.58. The van der Waals surface area contributed by atoms with Crippen LogP contribution in [0.2, 0.25) is 5.02 Å². The maximum absolute atomic E-state index is 12.2. The normalized spacial score (nSPS) is 11.6. The summed E-state index contributed by atoms with van der Waals surface area (Å²) in [5.41, 5.74) is 0.979. The van der Waals surface area contributed by atoms with Crippen molar-refractivity contribution >= 4 is 23.5 Å². The van der Waals surface area contributed by atoms with Gasteiger partial charge in [-0.2, -0.15) is 4.98 Å². The smallest absolute Gasteiger partial charge is 0.328 e. The number of nitrogens with one attached hydrogen (secondary N) is 1. The monoisotopic (exact) mass is 415 g/mol. The molecule has 0 saturated heterocycles. The predicted molar refractivity (Wildman–Crippen MR) is 104 cm³/mol. The quantitative estimate of drug-likeness (QED) is 0.590. The fourth-order valence-corrected chi connectivity index (χ4v) is 2.62. The van der Waals surface area contributed by atoms with E-state index in [1.165, 1.54) is 6.92 Å². The lowest BCUT2D eigenvalue weighted by atomic mass is 10.2. The van der Waals surface area contributed by atoms with Gasteiger partial charge in [0.15, 0.2) is 6.61 Å². The Balaban J connectivity index is 1.54. The van der Waals surface area contributed by atoms with Crippen LogP contribution in [0.25, 0.3) is 11.5 Å². The molecule has 3 aromatic rings. The van der Waals surface area contributed by atoms with Gasteiger partial charge in [-0.1, -0.05) is 28.9 Å². The number of methoxy groups -OCH3 is 1. The molecule has 9 heteroatoms. The van der Waals surface area contributed by atoms with Crippen LogP contribution in [0.5, 0.6) is 5.75 Å². The zero-order valence-corrected chi connectivity index (χ0v) is 16.5. The summed E-state index contributed by atoms with van der Waals surface area (Å²) in [6.07, 6.45) is 0. The third kappa shape index (κ3) is 5.11. The fourth-order valence-electron chi connectivity index (χ4n) is 2.40. The molecule has 150 valence electrons. The van der Waals surface area contributed by atoms with Crippen molar-refractivity contribution in [3.63, 3.8) is 0 Å². The molecule has 1 N–H and O–H groups in total. The van der Waals surface area contributed by atoms with Gasteiger partial charge in [-0.3, -0.25) is 4.79 Å². The summed E-state index contributed by atoms with van der Waals surface area (Å²) in [4.78, 5) is 28.5. The average Bonchev–Trinajstić information content (AvgIpc) is 3.21. The molecule has 1 amide bonds. The zero-order chi connectivity index (χ0) is 20.8. The first-order chi connectivity index (χ1) is 14.0. The first-order valence-electron chi connectivity index (χ1n) is 8.67. The summed E-state index contributed by atoms with van der Waals surface area (Å²) in [5, 5.41) is 6.62. The van der Waals surface area contributed by atoms with Crippen molar-refractivity contribution in [3.8, 4) is 17.2 Å². The number of aromatic nitrogens is 2. The molecule has 0 spiro atoms. The molecule has 0 aliphatic rings. The molecular formula is C20H18ClN3O5. The Morgan fingerprint density at radius 3 is 2.59 bits per heavy atom. The van der Waals surface area contributed by atoms with Crippen LogP contribution in [0.1, 0.15) is 23.1 Å². The van der Waals surface area contributed by atoms with Gasteiger partial charge in [0.1, 0.15) is 11.8 Å². The Morgan fingerprint density at radius 2 is 1.90 bits per heavy atom. The van der Waals surface area contributed by atoms with Crippen LogP contribution in [-0.2, 0) is 16.1 Å². The summed E-state index contributed by atoms with van der Waals surface area (Å²) >= 11 is 5.98. The summed E-state index contributed by atoms with van der Waals surface area (Å²) in [5.74, 6) is 0.0884. The molecule has 1 aromatic heterocycles. The van der Waals surface area contributed by atoms with E-state index in [2.05, 4.69) is 15.5 Å². The van der Waals surface area contributed by atoms with Crippen LogP contribution < -0.4 is 10.1 Å². The highest BCUT2D eigenvalue weighted by molar-refractivity contribution is 6.33. The van der Waals surface area contributed by atoms with Crippen LogP contribution in [0.4, 0.5) is 0 Å². The maximum atomic E-state index is 12.2. The molecule has 2 aromatic carbocycles. The van der Waals surface area contributed by atoms with E-state index in [0.717, 1.165) is 0 Å². The second kappa shape index (κ2) is 9.20. The lowest BCUT2D eigenvalue weighted by molar-refractivity contribution is -0.147. The van der Waals surface area contributed by atoms with Crippen molar-refractivity contribution in [3.05, 3.63) is 64.9 Å². The molecule has 0 fully saturated rings. The molecule has 0 radical (unpaired) electrons. The number of nitrogens with zero attached hydrogens (tertiary/aromatic N) is 2. The third-order valence-corrected chi connectivity index (χ3v) is 4.30. The van der Waals surface area contributed by atoms with E-state index >= 15 is 0 Å². The van der Waals surface area contributed by atoms with Gasteiger partial charge in [-0.15, -0.1) is 0 Å². The molecule has 0 saturated carbocycles. The number of rotatable bonds is 7. The van der Waals surface area contributed by atoms with Crippen molar-refractivity contribution in [2.45, 2.75) is 19.6 Å². The van der Waals surface area contributed by atoms with Gasteiger partial charge in [0, 0.05) is 5.56 Å². The van der Waals surface area contributed by atoms with E-state index < -0.39 is 17.9 Å². The van der Waals surface area contributed by atoms with Crippen LogP contribution in [0.3, 0.4) is 0 Å². The van der Waals surface area contributed by atoms with Gasteiger partial charge >= 0.3 is 5.97 Å². The van der Waals surface area contributed by atoms with Crippen molar-refractivity contribution in [1.82, 2.24) is 15.5 Å². The fraction of sp³-hybridized carbons (Fsp3) is 0.200. The minimum atomic E-state index is -0.883. The van der Waals surface area contributed by atoms with E-state index in [0.29, 0.717) is 22.2 Å². The Labute approximate surface area is 171 Å². The lowest BCUT2D eigenvalue weighted by Crippen LogP contribution is -2.39. The third-order valence-electron chi connectivity index (χ3n) is 3.97. The van der Waals surface area contributed by atoms with Gasteiger partial charge < -0.3 is 19.3 Å². The number of esters is 1. The molecule has 0 aliphatic carbocycles. The van der Waals surface area contributed by atoms with Crippen LogP contribution in [-0.4, -0.2) is 35.2 Å². The number of hydrogen-bond acceptors (Lipinski definition) is 7. The maximum Gasteiger partial charge on any atom is 0.328 e. The Hall–Kier alpha value is -3.39. The minimum Gasteiger partial charge on any atom is -0.497 e. The van der Waals surface area contributed by atoms with E-state index in [1.807, 2.05) is 0 Å². The molecule has 3 rings (SSSR count). The second-order valence-corrected chi connectivity index (χ2v) is 6.43. The van der Waals surface area contributed by atoms with Gasteiger partial charge in [0.05, 0.1) is 17.7 Å². The van der Waals surface area contributed by atoms with Crippen LogP contribution in [0, 0.1) is 0 Å². The topological polar surface area (TPSA) is 104 Å². The second-order valence-electron chi connectivity index (χ2n) is 6.03. The average molecular weight is 416 g/mol. The molecule has 8 nitrogen and oxygen atoms in total. The van der Waals surface area contributed by atoms with E-state index in [4.69, 9.17) is 25.6 Å². The molecule has 0 aliphatic heterocycles. The Bertz CT molecular complexity index is 1000. The molecule has 0 unspecified atom stereocenters. The molecule has 29 heavy (non-hydrogen) atoms. The first-order valence-corrected chi connectivity index (χ1v) is 9.04. The van der Waals surface area contributed by atoms with Gasteiger partial charge in [-0.25, -0.2) is 4.79 Å².